The zero-order valence-corrected chi connectivity index (χ0v) is 11.3. The second-order valence-electron chi connectivity index (χ2n) is 4.23. The van der Waals surface area contributed by atoms with Crippen LogP contribution in [0, 0.1) is 13.8 Å². The van der Waals surface area contributed by atoms with Gasteiger partial charge in [-0.15, -0.1) is 0 Å². The van der Waals surface area contributed by atoms with Crippen molar-refractivity contribution in [3.63, 3.8) is 0 Å². The van der Waals surface area contributed by atoms with E-state index in [-0.39, 0.29) is 6.10 Å². The van der Waals surface area contributed by atoms with Gasteiger partial charge in [-0.3, -0.25) is 0 Å². The van der Waals surface area contributed by atoms with E-state index in [0.717, 1.165) is 0 Å². The molecule has 2 aromatic carbocycles. The maximum absolute atomic E-state index is 5.60. The van der Waals surface area contributed by atoms with Gasteiger partial charge in [-0.25, -0.2) is 0 Å². The van der Waals surface area contributed by atoms with Crippen LogP contribution in [-0.2, 0) is 4.52 Å². The molecule has 0 spiro atoms. The van der Waals surface area contributed by atoms with Crippen LogP contribution in [0.5, 0.6) is 0 Å². The first-order valence-corrected chi connectivity index (χ1v) is 6.17. The molecule has 2 rings (SSSR count). The molecule has 0 aliphatic carbocycles. The van der Waals surface area contributed by atoms with Crippen LogP contribution >= 0.6 is 9.47 Å². The van der Waals surface area contributed by atoms with Gasteiger partial charge < -0.3 is 4.52 Å². The summed E-state index contributed by atoms with van der Waals surface area (Å²) in [6, 6.07) is 16.7. The van der Waals surface area contributed by atoms with Crippen LogP contribution in [0.25, 0.3) is 0 Å². The summed E-state index contributed by atoms with van der Waals surface area (Å²) in [5, 5.41) is 0. The highest BCUT2D eigenvalue weighted by Gasteiger charge is 2.16. The minimum absolute atomic E-state index is 0.0117. The maximum atomic E-state index is 5.60. The van der Waals surface area contributed by atoms with Crippen molar-refractivity contribution in [2.75, 3.05) is 0 Å². The van der Waals surface area contributed by atoms with Gasteiger partial charge in [-0.05, 0) is 36.1 Å². The fraction of sp³-hybridized carbons (Fsp3) is 0.200. The first kappa shape index (κ1) is 12.3. The Morgan fingerprint density at radius 2 is 1.24 bits per heavy atom. The van der Waals surface area contributed by atoms with E-state index >= 15 is 0 Å². The van der Waals surface area contributed by atoms with Gasteiger partial charge in [0.05, 0.1) is 0 Å². The largest absolute Gasteiger partial charge is 0.353 e. The van der Waals surface area contributed by atoms with Crippen LogP contribution in [0.2, 0.25) is 0 Å². The number of hydrogen-bond acceptors (Lipinski definition) is 1. The van der Waals surface area contributed by atoms with E-state index in [1.165, 1.54) is 22.3 Å². The summed E-state index contributed by atoms with van der Waals surface area (Å²) in [6.45, 7) is 4.23. The Bertz CT molecular complexity index is 462. The van der Waals surface area contributed by atoms with Crippen molar-refractivity contribution in [2.45, 2.75) is 20.0 Å². The third kappa shape index (κ3) is 2.57. The van der Waals surface area contributed by atoms with Crippen molar-refractivity contribution in [1.82, 2.24) is 0 Å². The molecule has 0 saturated heterocycles. The van der Waals surface area contributed by atoms with Gasteiger partial charge in [0.2, 0.25) is 0 Å². The Hall–Kier alpha value is -1.17. The summed E-state index contributed by atoms with van der Waals surface area (Å²) in [5.74, 6) is 0. The Morgan fingerprint density at radius 1 is 0.824 bits per heavy atom. The van der Waals surface area contributed by atoms with E-state index in [1.807, 2.05) is 0 Å². The second kappa shape index (κ2) is 5.44. The van der Waals surface area contributed by atoms with E-state index in [0.29, 0.717) is 0 Å². The van der Waals surface area contributed by atoms with Crippen LogP contribution in [0.4, 0.5) is 0 Å². The molecule has 1 atom stereocenters. The summed E-state index contributed by atoms with van der Waals surface area (Å²) >= 11 is 0. The monoisotopic (exact) mass is 244 g/mol. The van der Waals surface area contributed by atoms with Crippen molar-refractivity contribution in [3.8, 4) is 0 Å². The van der Waals surface area contributed by atoms with Crippen LogP contribution < -0.4 is 0 Å². The summed E-state index contributed by atoms with van der Waals surface area (Å²) in [6.07, 6.45) is -0.0117. The molecule has 2 heteroatoms. The van der Waals surface area contributed by atoms with Gasteiger partial charge in [-0.2, -0.15) is 0 Å². The van der Waals surface area contributed by atoms with Gasteiger partial charge >= 0.3 is 0 Å². The predicted molar refractivity (Wildman–Crippen MR) is 75.0 cm³/mol. The molecule has 0 fully saturated rings. The van der Waals surface area contributed by atoms with Crippen molar-refractivity contribution in [2.24, 2.45) is 0 Å². The zero-order valence-electron chi connectivity index (χ0n) is 10.2. The molecule has 0 amide bonds. The van der Waals surface area contributed by atoms with Gasteiger partial charge in [0.15, 0.2) is 0 Å². The molecule has 0 N–H and O–H groups in total. The molecule has 0 aliphatic rings. The van der Waals surface area contributed by atoms with Gasteiger partial charge in [0, 0.05) is 9.47 Å². The highest BCUT2D eigenvalue weighted by atomic mass is 31.0. The normalized spacial score (nSPS) is 10.8. The Kier molecular flexibility index (Phi) is 3.93. The molecule has 0 aromatic heterocycles. The molecule has 0 bridgehead atoms. The number of aryl methyl sites for hydroxylation is 2. The Balaban J connectivity index is 2.48. The lowest BCUT2D eigenvalue weighted by atomic mass is 9.95. The van der Waals surface area contributed by atoms with Gasteiger partial charge in [0.1, 0.15) is 6.10 Å². The molecular formula is C15H17OP. The Labute approximate surface area is 105 Å². The van der Waals surface area contributed by atoms with E-state index in [1.54, 1.807) is 0 Å². The lowest BCUT2D eigenvalue weighted by Crippen LogP contribution is -2.04. The number of benzene rings is 2. The second-order valence-corrected chi connectivity index (χ2v) is 4.50. The predicted octanol–water partition coefficient (Wildman–Crippen LogP) is 4.20. The molecule has 0 saturated carbocycles. The lowest BCUT2D eigenvalue weighted by Gasteiger charge is -2.20. The van der Waals surface area contributed by atoms with E-state index in [2.05, 4.69) is 71.8 Å². The molecule has 1 unspecified atom stereocenters. The third-order valence-electron chi connectivity index (χ3n) is 3.08. The van der Waals surface area contributed by atoms with Crippen LogP contribution in [-0.4, -0.2) is 0 Å². The van der Waals surface area contributed by atoms with Crippen molar-refractivity contribution < 1.29 is 4.52 Å². The molecule has 0 radical (unpaired) electrons. The van der Waals surface area contributed by atoms with E-state index in [9.17, 15) is 0 Å². The molecule has 0 aliphatic heterocycles. The highest BCUT2D eigenvalue weighted by molar-refractivity contribution is 7.09. The standard InChI is InChI=1S/C15H17OP/c1-11-7-3-5-9-13(11)15(16-17)14-10-6-4-8-12(14)2/h3-10,15H,17H2,1-2H3. The average Bonchev–Trinajstić information content (AvgIpc) is 2.34. The highest BCUT2D eigenvalue weighted by Crippen LogP contribution is 2.31. The third-order valence-corrected chi connectivity index (χ3v) is 3.35. The van der Waals surface area contributed by atoms with Crippen LogP contribution in [0.1, 0.15) is 28.4 Å². The summed E-state index contributed by atoms with van der Waals surface area (Å²) in [7, 11) is 2.39. The van der Waals surface area contributed by atoms with Gasteiger partial charge in [0.25, 0.3) is 0 Å². The average molecular weight is 244 g/mol. The smallest absolute Gasteiger partial charge is 0.112 e. The SMILES string of the molecule is Cc1ccccc1C(OP)c1ccccc1C. The number of rotatable bonds is 3. The zero-order chi connectivity index (χ0) is 12.3. The van der Waals surface area contributed by atoms with Crippen molar-refractivity contribution in [3.05, 3.63) is 70.8 Å². The van der Waals surface area contributed by atoms with Crippen molar-refractivity contribution in [1.29, 1.82) is 0 Å². The quantitative estimate of drug-likeness (QED) is 0.735. The first-order chi connectivity index (χ1) is 8.24. The van der Waals surface area contributed by atoms with Crippen molar-refractivity contribution >= 4 is 9.47 Å². The first-order valence-electron chi connectivity index (χ1n) is 5.70. The number of hydrogen-bond donors (Lipinski definition) is 0. The Morgan fingerprint density at radius 3 is 1.59 bits per heavy atom. The van der Waals surface area contributed by atoms with E-state index < -0.39 is 0 Å². The summed E-state index contributed by atoms with van der Waals surface area (Å²) in [4.78, 5) is 0. The molecule has 88 valence electrons. The fourth-order valence-corrected chi connectivity index (χ4v) is 2.37. The van der Waals surface area contributed by atoms with Crippen LogP contribution in [0.15, 0.2) is 48.5 Å². The van der Waals surface area contributed by atoms with E-state index in [4.69, 9.17) is 4.52 Å². The molecule has 17 heavy (non-hydrogen) atoms. The maximum Gasteiger partial charge on any atom is 0.112 e. The minimum Gasteiger partial charge on any atom is -0.353 e. The topological polar surface area (TPSA) is 9.23 Å². The summed E-state index contributed by atoms with van der Waals surface area (Å²) in [5.41, 5.74) is 4.94. The molecular weight excluding hydrogens is 227 g/mol. The summed E-state index contributed by atoms with van der Waals surface area (Å²) < 4.78 is 5.60. The van der Waals surface area contributed by atoms with Gasteiger partial charge in [-0.1, -0.05) is 48.5 Å². The van der Waals surface area contributed by atoms with Crippen LogP contribution in [0.3, 0.4) is 0 Å². The fourth-order valence-electron chi connectivity index (χ4n) is 2.08. The lowest BCUT2D eigenvalue weighted by molar-refractivity contribution is 0.291. The molecule has 2 aromatic rings. The minimum atomic E-state index is -0.0117. The molecule has 0 heterocycles. The molecule has 1 nitrogen and oxygen atoms in total.